The maximum Gasteiger partial charge on any atom is 0.361 e. The number of hydrogen-bond donors (Lipinski definition) is 4. The Labute approximate surface area is 262 Å². The van der Waals surface area contributed by atoms with Gasteiger partial charge in [-0.05, 0) is 44.9 Å². The number of carbonyl (C=O) groups excluding carboxylic acids is 2. The summed E-state index contributed by atoms with van der Waals surface area (Å²) in [5.41, 5.74) is 0. The lowest BCUT2D eigenvalue weighted by Crippen LogP contribution is -2.46. The van der Waals surface area contributed by atoms with Crippen LogP contribution in [0.4, 0.5) is 0 Å². The Morgan fingerprint density at radius 3 is 1.81 bits per heavy atom. The van der Waals surface area contributed by atoms with E-state index in [0.717, 1.165) is 77.4 Å². The van der Waals surface area contributed by atoms with E-state index in [2.05, 4.69) is 22.8 Å². The minimum Gasteiger partial charge on any atom is -0.477 e. The highest BCUT2D eigenvalue weighted by Crippen LogP contribution is 2.11. The third-order valence-corrected chi connectivity index (χ3v) is 7.72. The van der Waals surface area contributed by atoms with Crippen LogP contribution in [0.3, 0.4) is 0 Å². The number of ether oxygens (including phenoxy) is 1. The fraction of sp³-hybridized carbons (Fsp3) is 0.848. The summed E-state index contributed by atoms with van der Waals surface area (Å²) in [6, 6.07) is 0. The molecule has 0 saturated carbocycles. The quantitative estimate of drug-likeness (QED) is 0.0327. The zero-order valence-corrected chi connectivity index (χ0v) is 28.2. The number of likely N-dealkylation sites (N-methyl/N-ethyl adjacent to an activating group) is 2. The van der Waals surface area contributed by atoms with Crippen LogP contribution in [0, 0.1) is 0 Å². The maximum absolute atomic E-state index is 12.0. The molecule has 1 unspecified atom stereocenters. The molecule has 1 amide bonds. The number of amides is 1. The summed E-state index contributed by atoms with van der Waals surface area (Å²) < 4.78 is 5.76. The number of nitrogens with zero attached hydrogens (tertiary/aromatic N) is 2. The van der Waals surface area contributed by atoms with Crippen molar-refractivity contribution in [3.05, 3.63) is 12.2 Å². The number of aliphatic carboxylic acids is 1. The second kappa shape index (κ2) is 25.3. The second-order valence-corrected chi connectivity index (χ2v) is 13.3. The highest BCUT2D eigenvalue weighted by atomic mass is 16.5. The van der Waals surface area contributed by atoms with Crippen molar-refractivity contribution in [3.63, 3.8) is 0 Å². The molecule has 0 aromatic heterocycles. The summed E-state index contributed by atoms with van der Waals surface area (Å²) in [4.78, 5) is 34.3. The van der Waals surface area contributed by atoms with Gasteiger partial charge in [-0.3, -0.25) is 10.1 Å². The van der Waals surface area contributed by atoms with Crippen LogP contribution in [0.5, 0.6) is 0 Å². The highest BCUT2D eigenvalue weighted by molar-refractivity contribution is 5.75. The lowest BCUT2D eigenvalue weighted by molar-refractivity contribution is -0.883. The van der Waals surface area contributed by atoms with Gasteiger partial charge in [-0.25, -0.2) is 9.59 Å². The van der Waals surface area contributed by atoms with E-state index < -0.39 is 12.2 Å². The lowest BCUT2D eigenvalue weighted by atomic mass is 10.1. The van der Waals surface area contributed by atoms with Gasteiger partial charge < -0.3 is 29.2 Å². The van der Waals surface area contributed by atoms with Crippen LogP contribution in [0.25, 0.3) is 0 Å². The van der Waals surface area contributed by atoms with E-state index in [1.54, 1.807) is 0 Å². The molecule has 0 radical (unpaired) electrons. The SMILES string of the molecule is COC(=O)C[N+](C)(C)CCCNC(O)CCCCCCCC=CCCCCCCCC(=O)NCCC[N+](C)(C)CC(=O)O. The number of aliphatic hydroxyl groups excluding tert-OH is 1. The molecule has 0 aliphatic heterocycles. The zero-order chi connectivity index (χ0) is 32.4. The van der Waals surface area contributed by atoms with Crippen molar-refractivity contribution >= 4 is 17.8 Å². The number of quaternary nitrogens is 2. The topological polar surface area (TPSA) is 125 Å². The predicted molar refractivity (Wildman–Crippen MR) is 173 cm³/mol. The van der Waals surface area contributed by atoms with Crippen LogP contribution < -0.4 is 10.6 Å². The Kier molecular flexibility index (Phi) is 24.1. The van der Waals surface area contributed by atoms with Gasteiger partial charge in [-0.1, -0.05) is 50.7 Å². The van der Waals surface area contributed by atoms with Gasteiger partial charge in [0.15, 0.2) is 13.1 Å². The lowest BCUT2D eigenvalue weighted by Gasteiger charge is -2.28. The van der Waals surface area contributed by atoms with Gasteiger partial charge in [-0.15, -0.1) is 0 Å². The van der Waals surface area contributed by atoms with E-state index in [1.165, 1.54) is 45.6 Å². The highest BCUT2D eigenvalue weighted by Gasteiger charge is 2.20. The van der Waals surface area contributed by atoms with Gasteiger partial charge in [0.2, 0.25) is 5.91 Å². The van der Waals surface area contributed by atoms with Gasteiger partial charge in [0.1, 0.15) is 6.23 Å². The molecule has 0 aromatic carbocycles. The molecule has 0 aromatic rings. The number of aliphatic hydroxyl groups is 1. The second-order valence-electron chi connectivity index (χ2n) is 13.3. The fourth-order valence-corrected chi connectivity index (χ4v) is 5.08. The van der Waals surface area contributed by atoms with E-state index in [4.69, 9.17) is 9.84 Å². The molecule has 252 valence electrons. The van der Waals surface area contributed by atoms with Crippen LogP contribution in [0.1, 0.15) is 103 Å². The Morgan fingerprint density at radius 2 is 1.23 bits per heavy atom. The van der Waals surface area contributed by atoms with Crippen molar-refractivity contribution in [1.82, 2.24) is 10.6 Å². The first-order valence-electron chi connectivity index (χ1n) is 16.6. The number of carbonyl (C=O) groups is 3. The molecule has 0 rings (SSSR count). The number of rotatable bonds is 29. The molecule has 10 heteroatoms. The number of nitrogens with one attached hydrogen (secondary N) is 2. The van der Waals surface area contributed by atoms with Crippen LogP contribution in [-0.2, 0) is 19.1 Å². The Morgan fingerprint density at radius 1 is 0.721 bits per heavy atom. The zero-order valence-electron chi connectivity index (χ0n) is 28.2. The molecular formula is C33H66N4O6+2. The van der Waals surface area contributed by atoms with Gasteiger partial charge in [0.05, 0.1) is 48.4 Å². The fourth-order valence-electron chi connectivity index (χ4n) is 5.08. The van der Waals surface area contributed by atoms with Crippen molar-refractivity contribution in [2.45, 2.75) is 109 Å². The molecule has 0 heterocycles. The van der Waals surface area contributed by atoms with Crippen LogP contribution in [0.15, 0.2) is 12.2 Å². The monoisotopic (exact) mass is 614 g/mol. The molecule has 0 bridgehead atoms. The molecule has 0 fully saturated rings. The van der Waals surface area contributed by atoms with Crippen molar-refractivity contribution < 1.29 is 38.3 Å². The Balaban J connectivity index is 3.48. The Hall–Kier alpha value is -2.01. The first-order chi connectivity index (χ1) is 20.4. The smallest absolute Gasteiger partial charge is 0.361 e. The third kappa shape index (κ3) is 28.5. The number of hydrogen-bond acceptors (Lipinski definition) is 6. The van der Waals surface area contributed by atoms with Crippen molar-refractivity contribution in [2.24, 2.45) is 0 Å². The molecular weight excluding hydrogens is 548 g/mol. The standard InChI is InChI=1S/C33H64N4O6/c1-36(2,28-32(40)41)26-20-24-34-30(38)22-18-16-14-12-10-8-6-7-9-11-13-15-17-19-23-31(39)35-25-21-27-37(3,4)29-33(42)43-5/h6-7,31,35,39H,8-29H2,1-5H3/p+2. The Bertz CT molecular complexity index is 772. The minimum absolute atomic E-state index is 0.0972. The average molecular weight is 615 g/mol. The number of esters is 1. The van der Waals surface area contributed by atoms with Gasteiger partial charge in [0.25, 0.3) is 0 Å². The van der Waals surface area contributed by atoms with Crippen molar-refractivity contribution in [1.29, 1.82) is 0 Å². The molecule has 1 atom stereocenters. The largest absolute Gasteiger partial charge is 0.477 e. The summed E-state index contributed by atoms with van der Waals surface area (Å²) in [7, 11) is 9.23. The normalized spacial score (nSPS) is 12.9. The maximum atomic E-state index is 12.0. The molecule has 0 aliphatic rings. The van der Waals surface area contributed by atoms with Crippen molar-refractivity contribution in [3.8, 4) is 0 Å². The number of methoxy groups -OCH3 is 1. The van der Waals surface area contributed by atoms with Crippen LogP contribution >= 0.6 is 0 Å². The molecule has 4 N–H and O–H groups in total. The number of allylic oxidation sites excluding steroid dienone is 2. The first kappa shape index (κ1) is 41.0. The predicted octanol–water partition coefficient (Wildman–Crippen LogP) is 4.22. The van der Waals surface area contributed by atoms with Gasteiger partial charge in [-0.2, -0.15) is 0 Å². The number of carboxylic acid groups (broad SMARTS) is 1. The minimum atomic E-state index is -0.797. The first-order valence-corrected chi connectivity index (χ1v) is 16.6. The number of carboxylic acids is 1. The van der Waals surface area contributed by atoms with Gasteiger partial charge in [0, 0.05) is 32.4 Å². The van der Waals surface area contributed by atoms with E-state index in [-0.39, 0.29) is 18.4 Å². The van der Waals surface area contributed by atoms with E-state index in [9.17, 15) is 19.5 Å². The van der Waals surface area contributed by atoms with E-state index in [1.807, 2.05) is 28.2 Å². The van der Waals surface area contributed by atoms with E-state index >= 15 is 0 Å². The molecule has 0 saturated heterocycles. The summed E-state index contributed by atoms with van der Waals surface area (Å²) >= 11 is 0. The average Bonchev–Trinajstić information content (AvgIpc) is 2.92. The molecule has 10 nitrogen and oxygen atoms in total. The summed E-state index contributed by atoms with van der Waals surface area (Å²) in [5.74, 6) is -0.894. The number of unbranched alkanes of at least 4 members (excludes halogenated alkanes) is 10. The summed E-state index contributed by atoms with van der Waals surface area (Å²) in [6.45, 7) is 3.39. The van der Waals surface area contributed by atoms with E-state index in [0.29, 0.717) is 28.5 Å². The van der Waals surface area contributed by atoms with Crippen molar-refractivity contribution in [2.75, 3.05) is 74.6 Å². The molecule has 0 aliphatic carbocycles. The van der Waals surface area contributed by atoms with Gasteiger partial charge >= 0.3 is 11.9 Å². The van der Waals surface area contributed by atoms with Crippen LogP contribution in [-0.4, -0.2) is 118 Å². The summed E-state index contributed by atoms with van der Waals surface area (Å²) in [6.07, 6.45) is 20.9. The summed E-state index contributed by atoms with van der Waals surface area (Å²) in [5, 5.41) is 25.2. The molecule has 43 heavy (non-hydrogen) atoms. The van der Waals surface area contributed by atoms with Crippen LogP contribution in [0.2, 0.25) is 0 Å². The third-order valence-electron chi connectivity index (χ3n) is 7.72. The molecule has 0 spiro atoms.